The Bertz CT molecular complexity index is 757. The van der Waals surface area contributed by atoms with Crippen LogP contribution in [0.5, 0.6) is 0 Å². The largest absolute Gasteiger partial charge is 0.253 e. The summed E-state index contributed by atoms with van der Waals surface area (Å²) >= 11 is 0. The fourth-order valence-corrected chi connectivity index (χ4v) is 2.28. The summed E-state index contributed by atoms with van der Waals surface area (Å²) in [5.74, 6) is 0.651. The molecule has 0 radical (unpaired) electrons. The molecule has 0 aliphatic heterocycles. The SMILES string of the molecule is CC(C)(C)c1ccc(-c2ccnc(-c3ccccn3)n2)cc1. The normalized spacial score (nSPS) is 11.4. The van der Waals surface area contributed by atoms with Gasteiger partial charge in [0.2, 0.25) is 0 Å². The topological polar surface area (TPSA) is 38.7 Å². The summed E-state index contributed by atoms with van der Waals surface area (Å²) in [4.78, 5) is 13.3. The van der Waals surface area contributed by atoms with Crippen LogP contribution in [0.3, 0.4) is 0 Å². The van der Waals surface area contributed by atoms with Gasteiger partial charge in [0, 0.05) is 18.0 Å². The number of hydrogen-bond donors (Lipinski definition) is 0. The summed E-state index contributed by atoms with van der Waals surface area (Å²) in [6.07, 6.45) is 3.54. The second-order valence-electron chi connectivity index (χ2n) is 6.31. The van der Waals surface area contributed by atoms with E-state index in [1.807, 2.05) is 24.3 Å². The minimum absolute atomic E-state index is 0.156. The Morgan fingerprint density at radius 2 is 1.50 bits per heavy atom. The molecule has 0 spiro atoms. The minimum Gasteiger partial charge on any atom is -0.253 e. The van der Waals surface area contributed by atoms with Crippen LogP contribution < -0.4 is 0 Å². The molecule has 0 amide bonds. The quantitative estimate of drug-likeness (QED) is 0.697. The number of rotatable bonds is 2. The van der Waals surface area contributed by atoms with E-state index in [4.69, 9.17) is 0 Å². The maximum absolute atomic E-state index is 4.63. The number of aromatic nitrogens is 3. The molecule has 0 aliphatic rings. The van der Waals surface area contributed by atoms with Crippen molar-refractivity contribution in [3.8, 4) is 22.8 Å². The first-order chi connectivity index (χ1) is 10.5. The highest BCUT2D eigenvalue weighted by Gasteiger charge is 2.13. The molecule has 0 saturated carbocycles. The zero-order chi connectivity index (χ0) is 15.6. The molecule has 1 aromatic carbocycles. The number of hydrogen-bond acceptors (Lipinski definition) is 3. The molecular formula is C19H19N3. The Morgan fingerprint density at radius 3 is 2.14 bits per heavy atom. The van der Waals surface area contributed by atoms with Gasteiger partial charge in [-0.15, -0.1) is 0 Å². The zero-order valence-electron chi connectivity index (χ0n) is 13.1. The van der Waals surface area contributed by atoms with Crippen molar-refractivity contribution >= 4 is 0 Å². The zero-order valence-corrected chi connectivity index (χ0v) is 13.1. The maximum Gasteiger partial charge on any atom is 0.178 e. The molecule has 0 aliphatic carbocycles. The van der Waals surface area contributed by atoms with E-state index in [1.54, 1.807) is 12.4 Å². The highest BCUT2D eigenvalue weighted by Crippen LogP contribution is 2.25. The lowest BCUT2D eigenvalue weighted by atomic mass is 9.86. The third kappa shape index (κ3) is 3.03. The first-order valence-electron chi connectivity index (χ1n) is 7.39. The van der Waals surface area contributed by atoms with Gasteiger partial charge in [-0.2, -0.15) is 0 Å². The fourth-order valence-electron chi connectivity index (χ4n) is 2.28. The Balaban J connectivity index is 1.96. The fraction of sp³-hybridized carbons (Fsp3) is 0.211. The van der Waals surface area contributed by atoms with Crippen LogP contribution in [0.4, 0.5) is 0 Å². The lowest BCUT2D eigenvalue weighted by molar-refractivity contribution is 0.590. The predicted octanol–water partition coefficient (Wildman–Crippen LogP) is 4.50. The third-order valence-electron chi connectivity index (χ3n) is 3.60. The Kier molecular flexibility index (Phi) is 3.72. The maximum atomic E-state index is 4.63. The van der Waals surface area contributed by atoms with Crippen LogP contribution in [0, 0.1) is 0 Å². The molecule has 3 rings (SSSR count). The van der Waals surface area contributed by atoms with Gasteiger partial charge in [0.25, 0.3) is 0 Å². The minimum atomic E-state index is 0.156. The predicted molar refractivity (Wildman–Crippen MR) is 89.4 cm³/mol. The molecule has 0 bridgehead atoms. The van der Waals surface area contributed by atoms with E-state index in [0.29, 0.717) is 5.82 Å². The van der Waals surface area contributed by atoms with Gasteiger partial charge in [0.05, 0.1) is 5.69 Å². The average Bonchev–Trinajstić information content (AvgIpc) is 2.55. The van der Waals surface area contributed by atoms with Crippen LogP contribution in [0.1, 0.15) is 26.3 Å². The first kappa shape index (κ1) is 14.4. The second kappa shape index (κ2) is 5.68. The van der Waals surface area contributed by atoms with Crippen molar-refractivity contribution in [2.24, 2.45) is 0 Å². The van der Waals surface area contributed by atoms with Gasteiger partial charge in [-0.1, -0.05) is 51.1 Å². The van der Waals surface area contributed by atoms with E-state index < -0.39 is 0 Å². The molecule has 110 valence electrons. The van der Waals surface area contributed by atoms with Crippen molar-refractivity contribution in [2.45, 2.75) is 26.2 Å². The standard InChI is InChI=1S/C19H19N3/c1-19(2,3)15-9-7-14(8-10-15)16-11-13-21-18(22-16)17-6-4-5-12-20-17/h4-13H,1-3H3. The average molecular weight is 289 g/mol. The third-order valence-corrected chi connectivity index (χ3v) is 3.60. The van der Waals surface area contributed by atoms with Crippen LogP contribution in [0.2, 0.25) is 0 Å². The van der Waals surface area contributed by atoms with E-state index in [1.165, 1.54) is 5.56 Å². The van der Waals surface area contributed by atoms with Gasteiger partial charge in [-0.3, -0.25) is 4.98 Å². The van der Waals surface area contributed by atoms with Crippen molar-refractivity contribution in [3.63, 3.8) is 0 Å². The Hall–Kier alpha value is -2.55. The number of nitrogens with zero attached hydrogens (tertiary/aromatic N) is 3. The first-order valence-corrected chi connectivity index (χ1v) is 7.39. The molecule has 2 heterocycles. The highest BCUT2D eigenvalue weighted by molar-refractivity contribution is 5.62. The Morgan fingerprint density at radius 1 is 0.727 bits per heavy atom. The van der Waals surface area contributed by atoms with Gasteiger partial charge >= 0.3 is 0 Å². The second-order valence-corrected chi connectivity index (χ2v) is 6.31. The molecule has 0 saturated heterocycles. The van der Waals surface area contributed by atoms with Gasteiger partial charge in [-0.25, -0.2) is 9.97 Å². The summed E-state index contributed by atoms with van der Waals surface area (Å²) in [6.45, 7) is 6.64. The van der Waals surface area contributed by atoms with Crippen molar-refractivity contribution in [1.29, 1.82) is 0 Å². The van der Waals surface area contributed by atoms with Crippen molar-refractivity contribution in [1.82, 2.24) is 15.0 Å². The van der Waals surface area contributed by atoms with Gasteiger partial charge in [0.1, 0.15) is 5.69 Å². The molecule has 0 fully saturated rings. The van der Waals surface area contributed by atoms with Crippen LogP contribution in [-0.2, 0) is 5.41 Å². The molecular weight excluding hydrogens is 270 g/mol. The van der Waals surface area contributed by atoms with Crippen molar-refractivity contribution in [3.05, 3.63) is 66.5 Å². The summed E-state index contributed by atoms with van der Waals surface area (Å²) in [5, 5.41) is 0. The summed E-state index contributed by atoms with van der Waals surface area (Å²) in [7, 11) is 0. The van der Waals surface area contributed by atoms with Crippen LogP contribution in [0.15, 0.2) is 60.9 Å². The van der Waals surface area contributed by atoms with E-state index in [-0.39, 0.29) is 5.41 Å². The number of benzene rings is 1. The summed E-state index contributed by atoms with van der Waals surface area (Å²) < 4.78 is 0. The molecule has 2 aromatic heterocycles. The van der Waals surface area contributed by atoms with Crippen molar-refractivity contribution in [2.75, 3.05) is 0 Å². The van der Waals surface area contributed by atoms with Crippen LogP contribution in [-0.4, -0.2) is 15.0 Å². The van der Waals surface area contributed by atoms with Crippen LogP contribution >= 0.6 is 0 Å². The van der Waals surface area contributed by atoms with Crippen molar-refractivity contribution < 1.29 is 0 Å². The van der Waals surface area contributed by atoms with Gasteiger partial charge < -0.3 is 0 Å². The molecule has 0 N–H and O–H groups in total. The highest BCUT2D eigenvalue weighted by atomic mass is 14.9. The molecule has 3 heteroatoms. The summed E-state index contributed by atoms with van der Waals surface area (Å²) in [5.41, 5.74) is 4.26. The van der Waals surface area contributed by atoms with E-state index in [9.17, 15) is 0 Å². The molecule has 3 nitrogen and oxygen atoms in total. The lowest BCUT2D eigenvalue weighted by Crippen LogP contribution is -2.10. The van der Waals surface area contributed by atoms with E-state index in [2.05, 4.69) is 60.0 Å². The smallest absolute Gasteiger partial charge is 0.178 e. The molecule has 22 heavy (non-hydrogen) atoms. The van der Waals surface area contributed by atoms with E-state index in [0.717, 1.165) is 17.0 Å². The van der Waals surface area contributed by atoms with Gasteiger partial charge in [0.15, 0.2) is 5.82 Å². The Labute approximate surface area is 131 Å². The van der Waals surface area contributed by atoms with Crippen LogP contribution in [0.25, 0.3) is 22.8 Å². The monoisotopic (exact) mass is 289 g/mol. The summed E-state index contributed by atoms with van der Waals surface area (Å²) in [6, 6.07) is 16.2. The lowest BCUT2D eigenvalue weighted by Gasteiger charge is -2.19. The van der Waals surface area contributed by atoms with Gasteiger partial charge in [-0.05, 0) is 29.2 Å². The number of pyridine rings is 1. The molecule has 0 atom stereocenters. The van der Waals surface area contributed by atoms with E-state index >= 15 is 0 Å². The molecule has 3 aromatic rings. The molecule has 0 unspecified atom stereocenters.